The SMILES string of the molecule is CC(C)CCC[C@@H](C)CCC[C@@H](C)CCC[C@H](C)CCOP(=O)(O)O. The number of phosphoric acid groups is 1. The molecule has 152 valence electrons. The Kier molecular flexibility index (Phi) is 14.3. The molecule has 0 aromatic heterocycles. The maximum absolute atomic E-state index is 10.6. The molecule has 0 aromatic carbocycles. The molecule has 0 spiro atoms. The molecular weight excluding hydrogens is 335 g/mol. The fraction of sp³-hybridized carbons (Fsp3) is 1.00. The van der Waals surface area contributed by atoms with E-state index in [0.717, 1.165) is 24.2 Å². The van der Waals surface area contributed by atoms with Crippen LogP contribution in [0.5, 0.6) is 0 Å². The highest BCUT2D eigenvalue weighted by Crippen LogP contribution is 2.36. The molecule has 2 N–H and O–H groups in total. The lowest BCUT2D eigenvalue weighted by atomic mass is 9.91. The number of phosphoric ester groups is 1. The molecule has 0 amide bonds. The molecular formula is C20H43O4P. The third-order valence-corrected chi connectivity index (χ3v) is 5.66. The molecule has 0 aliphatic rings. The van der Waals surface area contributed by atoms with E-state index in [0.29, 0.717) is 12.3 Å². The first kappa shape index (κ1) is 25.1. The third kappa shape index (κ3) is 18.7. The fourth-order valence-corrected chi connectivity index (χ4v) is 3.65. The Labute approximate surface area is 156 Å². The van der Waals surface area contributed by atoms with Gasteiger partial charge >= 0.3 is 7.82 Å². The van der Waals surface area contributed by atoms with Crippen molar-refractivity contribution < 1.29 is 18.9 Å². The Balaban J connectivity index is 3.57. The van der Waals surface area contributed by atoms with Crippen molar-refractivity contribution in [1.29, 1.82) is 0 Å². The van der Waals surface area contributed by atoms with Gasteiger partial charge in [0.1, 0.15) is 0 Å². The zero-order chi connectivity index (χ0) is 19.3. The van der Waals surface area contributed by atoms with Crippen LogP contribution in [0.1, 0.15) is 98.8 Å². The molecule has 0 aliphatic heterocycles. The molecule has 3 atom stereocenters. The number of hydrogen-bond acceptors (Lipinski definition) is 2. The molecule has 0 rings (SSSR count). The monoisotopic (exact) mass is 378 g/mol. The predicted octanol–water partition coefficient (Wildman–Crippen LogP) is 6.56. The molecule has 0 saturated heterocycles. The van der Waals surface area contributed by atoms with E-state index in [4.69, 9.17) is 9.79 Å². The lowest BCUT2D eigenvalue weighted by Gasteiger charge is -2.16. The van der Waals surface area contributed by atoms with E-state index >= 15 is 0 Å². The van der Waals surface area contributed by atoms with E-state index in [-0.39, 0.29) is 6.61 Å². The molecule has 0 aliphatic carbocycles. The van der Waals surface area contributed by atoms with Crippen molar-refractivity contribution in [1.82, 2.24) is 0 Å². The highest BCUT2D eigenvalue weighted by molar-refractivity contribution is 7.46. The van der Waals surface area contributed by atoms with Crippen LogP contribution in [-0.2, 0) is 9.09 Å². The highest BCUT2D eigenvalue weighted by atomic mass is 31.2. The van der Waals surface area contributed by atoms with Crippen LogP contribution in [0.15, 0.2) is 0 Å². The van der Waals surface area contributed by atoms with Gasteiger partial charge in [-0.05, 0) is 30.1 Å². The lowest BCUT2D eigenvalue weighted by Crippen LogP contribution is -2.03. The zero-order valence-corrected chi connectivity index (χ0v) is 18.1. The highest BCUT2D eigenvalue weighted by Gasteiger charge is 2.14. The van der Waals surface area contributed by atoms with Gasteiger partial charge in [0.05, 0.1) is 6.61 Å². The molecule has 0 unspecified atom stereocenters. The summed E-state index contributed by atoms with van der Waals surface area (Å²) in [7, 11) is -4.30. The van der Waals surface area contributed by atoms with Crippen LogP contribution in [0.2, 0.25) is 0 Å². The molecule has 25 heavy (non-hydrogen) atoms. The Morgan fingerprint density at radius 1 is 0.680 bits per heavy atom. The Morgan fingerprint density at radius 3 is 1.40 bits per heavy atom. The van der Waals surface area contributed by atoms with Gasteiger partial charge in [0.2, 0.25) is 0 Å². The van der Waals surface area contributed by atoms with Crippen LogP contribution in [0.3, 0.4) is 0 Å². The van der Waals surface area contributed by atoms with Gasteiger partial charge in [-0.15, -0.1) is 0 Å². The van der Waals surface area contributed by atoms with Gasteiger partial charge in [-0.1, -0.05) is 92.4 Å². The molecule has 0 bridgehead atoms. The van der Waals surface area contributed by atoms with Gasteiger partial charge in [-0.2, -0.15) is 0 Å². The standard InChI is InChI=1S/C20H43O4P/c1-17(2)9-6-10-18(3)11-7-12-19(4)13-8-14-20(5)15-16-24-25(21,22)23/h17-20H,6-16H2,1-5H3,(H2,21,22,23)/t18-,19-,20+/m1/s1. The fourth-order valence-electron chi connectivity index (χ4n) is 3.31. The van der Waals surface area contributed by atoms with Crippen LogP contribution in [0.4, 0.5) is 0 Å². The lowest BCUT2D eigenvalue weighted by molar-refractivity contribution is 0.184. The van der Waals surface area contributed by atoms with E-state index < -0.39 is 7.82 Å². The predicted molar refractivity (Wildman–Crippen MR) is 106 cm³/mol. The molecule has 0 aromatic rings. The van der Waals surface area contributed by atoms with Gasteiger partial charge in [0.15, 0.2) is 0 Å². The summed E-state index contributed by atoms with van der Waals surface area (Å²) in [5.41, 5.74) is 0. The van der Waals surface area contributed by atoms with Crippen LogP contribution in [0.25, 0.3) is 0 Å². The van der Waals surface area contributed by atoms with E-state index in [2.05, 4.69) is 39.1 Å². The zero-order valence-electron chi connectivity index (χ0n) is 17.2. The number of rotatable bonds is 16. The summed E-state index contributed by atoms with van der Waals surface area (Å²) < 4.78 is 15.1. The molecule has 0 saturated carbocycles. The summed E-state index contributed by atoms with van der Waals surface area (Å²) in [6.07, 6.45) is 12.4. The topological polar surface area (TPSA) is 66.8 Å². The first-order valence-corrected chi connectivity index (χ1v) is 11.8. The first-order chi connectivity index (χ1) is 11.6. The van der Waals surface area contributed by atoms with Gasteiger partial charge in [0.25, 0.3) is 0 Å². The minimum absolute atomic E-state index is 0.149. The van der Waals surface area contributed by atoms with Gasteiger partial charge < -0.3 is 9.79 Å². The van der Waals surface area contributed by atoms with Crippen molar-refractivity contribution in [2.75, 3.05) is 6.61 Å². The Morgan fingerprint density at radius 2 is 1.04 bits per heavy atom. The average molecular weight is 379 g/mol. The van der Waals surface area contributed by atoms with Crippen molar-refractivity contribution in [2.24, 2.45) is 23.7 Å². The summed E-state index contributed by atoms with van der Waals surface area (Å²) in [6.45, 7) is 11.6. The maximum atomic E-state index is 10.6. The van der Waals surface area contributed by atoms with Crippen LogP contribution < -0.4 is 0 Å². The van der Waals surface area contributed by atoms with Crippen molar-refractivity contribution >= 4 is 7.82 Å². The Bertz CT molecular complexity index is 354. The van der Waals surface area contributed by atoms with Crippen molar-refractivity contribution in [3.63, 3.8) is 0 Å². The van der Waals surface area contributed by atoms with E-state index in [1.807, 2.05) is 0 Å². The average Bonchev–Trinajstić information content (AvgIpc) is 2.45. The smallest absolute Gasteiger partial charge is 0.303 e. The summed E-state index contributed by atoms with van der Waals surface area (Å²) in [6, 6.07) is 0. The van der Waals surface area contributed by atoms with E-state index in [1.165, 1.54) is 51.4 Å². The summed E-state index contributed by atoms with van der Waals surface area (Å²) >= 11 is 0. The first-order valence-electron chi connectivity index (χ1n) is 10.3. The molecule has 5 heteroatoms. The van der Waals surface area contributed by atoms with E-state index in [9.17, 15) is 4.57 Å². The summed E-state index contributed by atoms with van der Waals surface area (Å²) in [5.74, 6) is 2.93. The Hall–Kier alpha value is 0.110. The second-order valence-corrected chi connectivity index (χ2v) is 9.85. The van der Waals surface area contributed by atoms with Crippen LogP contribution in [0, 0.1) is 23.7 Å². The van der Waals surface area contributed by atoms with Gasteiger partial charge in [0, 0.05) is 0 Å². The van der Waals surface area contributed by atoms with Crippen molar-refractivity contribution in [2.45, 2.75) is 98.8 Å². The van der Waals surface area contributed by atoms with Gasteiger partial charge in [-0.3, -0.25) is 4.52 Å². The quantitative estimate of drug-likeness (QED) is 0.298. The molecule has 0 fully saturated rings. The molecule has 0 radical (unpaired) electrons. The molecule has 4 nitrogen and oxygen atoms in total. The van der Waals surface area contributed by atoms with Crippen LogP contribution >= 0.6 is 7.82 Å². The van der Waals surface area contributed by atoms with Crippen LogP contribution in [-0.4, -0.2) is 16.4 Å². The maximum Gasteiger partial charge on any atom is 0.469 e. The normalized spacial score (nSPS) is 16.2. The van der Waals surface area contributed by atoms with Crippen molar-refractivity contribution in [3.8, 4) is 0 Å². The van der Waals surface area contributed by atoms with E-state index in [1.54, 1.807) is 0 Å². The summed E-state index contributed by atoms with van der Waals surface area (Å²) in [4.78, 5) is 17.3. The second kappa shape index (κ2) is 14.2. The molecule has 0 heterocycles. The number of hydrogen-bond donors (Lipinski definition) is 2. The second-order valence-electron chi connectivity index (χ2n) is 8.61. The van der Waals surface area contributed by atoms with Gasteiger partial charge in [-0.25, -0.2) is 4.57 Å². The minimum Gasteiger partial charge on any atom is -0.303 e. The summed E-state index contributed by atoms with van der Waals surface area (Å²) in [5, 5.41) is 0. The third-order valence-electron chi connectivity index (χ3n) is 5.14. The largest absolute Gasteiger partial charge is 0.469 e. The minimum atomic E-state index is -4.30. The van der Waals surface area contributed by atoms with Crippen molar-refractivity contribution in [3.05, 3.63) is 0 Å².